The Balaban J connectivity index is 1.45. The molecule has 0 saturated carbocycles. The van der Waals surface area contributed by atoms with Crippen LogP contribution in [0.1, 0.15) is 28.5 Å². The van der Waals surface area contributed by atoms with Gasteiger partial charge in [0.1, 0.15) is 5.65 Å². The second-order valence-corrected chi connectivity index (χ2v) is 6.98. The normalized spacial score (nSPS) is 11.0. The zero-order valence-corrected chi connectivity index (χ0v) is 16.7. The maximum Gasteiger partial charge on any atom is 0.251 e. The number of nitrogens with one attached hydrogen (secondary N) is 1. The molecule has 0 atom stereocenters. The highest BCUT2D eigenvalue weighted by atomic mass is 16.1. The van der Waals surface area contributed by atoms with E-state index in [0.29, 0.717) is 12.1 Å². The average Bonchev–Trinajstić information content (AvgIpc) is 3.17. The van der Waals surface area contributed by atoms with E-state index in [-0.39, 0.29) is 5.91 Å². The minimum Gasteiger partial charge on any atom is -0.346 e. The molecule has 0 bridgehead atoms. The molecule has 146 valence electrons. The number of aryl methyl sites for hydroxylation is 2. The SMILES string of the molecule is CCc1cc[n+](CCNC(=O)c2ccn3c(-c4cccnc4C)cnc3c2)cc1. The van der Waals surface area contributed by atoms with Crippen molar-refractivity contribution in [2.24, 2.45) is 0 Å². The molecule has 0 radical (unpaired) electrons. The minimum absolute atomic E-state index is 0.0969. The van der Waals surface area contributed by atoms with Gasteiger partial charge < -0.3 is 5.32 Å². The zero-order valence-electron chi connectivity index (χ0n) is 16.7. The van der Waals surface area contributed by atoms with Crippen LogP contribution in [0.4, 0.5) is 0 Å². The van der Waals surface area contributed by atoms with Crippen molar-refractivity contribution < 1.29 is 9.36 Å². The maximum absolute atomic E-state index is 12.5. The fourth-order valence-electron chi connectivity index (χ4n) is 3.35. The van der Waals surface area contributed by atoms with Gasteiger partial charge in [-0.05, 0) is 43.2 Å². The van der Waals surface area contributed by atoms with Crippen molar-refractivity contribution in [3.63, 3.8) is 0 Å². The fourth-order valence-corrected chi connectivity index (χ4v) is 3.35. The third kappa shape index (κ3) is 4.01. The van der Waals surface area contributed by atoms with Crippen molar-refractivity contribution in [3.8, 4) is 11.3 Å². The van der Waals surface area contributed by atoms with E-state index in [1.165, 1.54) is 5.56 Å². The summed E-state index contributed by atoms with van der Waals surface area (Å²) in [5.74, 6) is -0.0969. The summed E-state index contributed by atoms with van der Waals surface area (Å²) in [5, 5.41) is 2.98. The van der Waals surface area contributed by atoms with E-state index in [1.807, 2.05) is 60.4 Å². The van der Waals surface area contributed by atoms with Crippen molar-refractivity contribution in [3.05, 3.63) is 84.2 Å². The van der Waals surface area contributed by atoms with Gasteiger partial charge in [-0.15, -0.1) is 0 Å². The van der Waals surface area contributed by atoms with E-state index in [2.05, 4.69) is 38.9 Å². The van der Waals surface area contributed by atoms with Crippen LogP contribution in [0.3, 0.4) is 0 Å². The molecular weight excluding hydrogens is 362 g/mol. The zero-order chi connectivity index (χ0) is 20.2. The van der Waals surface area contributed by atoms with E-state index < -0.39 is 0 Å². The van der Waals surface area contributed by atoms with Gasteiger partial charge in [0.15, 0.2) is 18.9 Å². The van der Waals surface area contributed by atoms with Crippen LogP contribution < -0.4 is 9.88 Å². The molecule has 1 amide bonds. The van der Waals surface area contributed by atoms with Gasteiger partial charge in [-0.3, -0.25) is 14.2 Å². The van der Waals surface area contributed by atoms with Gasteiger partial charge in [0, 0.05) is 41.3 Å². The van der Waals surface area contributed by atoms with Crippen molar-refractivity contribution in [1.29, 1.82) is 0 Å². The maximum atomic E-state index is 12.5. The largest absolute Gasteiger partial charge is 0.346 e. The number of rotatable bonds is 6. The van der Waals surface area contributed by atoms with Crippen molar-refractivity contribution in [1.82, 2.24) is 19.7 Å². The molecule has 4 aromatic heterocycles. The van der Waals surface area contributed by atoms with E-state index in [9.17, 15) is 4.79 Å². The van der Waals surface area contributed by atoms with Crippen LogP contribution in [-0.2, 0) is 13.0 Å². The van der Waals surface area contributed by atoms with Gasteiger partial charge in [0.25, 0.3) is 5.91 Å². The van der Waals surface area contributed by atoms with E-state index >= 15 is 0 Å². The number of imidazole rings is 1. The number of amides is 1. The van der Waals surface area contributed by atoms with E-state index in [4.69, 9.17) is 0 Å². The highest BCUT2D eigenvalue weighted by Crippen LogP contribution is 2.23. The van der Waals surface area contributed by atoms with Crippen LogP contribution in [0.15, 0.2) is 67.4 Å². The Kier molecular flexibility index (Phi) is 5.33. The number of carbonyl (C=O) groups is 1. The Bertz CT molecular complexity index is 1150. The first-order valence-electron chi connectivity index (χ1n) is 9.81. The monoisotopic (exact) mass is 386 g/mol. The van der Waals surface area contributed by atoms with E-state index in [1.54, 1.807) is 6.20 Å². The molecule has 4 rings (SSSR count). The molecule has 0 aromatic carbocycles. The number of fused-ring (bicyclic) bond motifs is 1. The Morgan fingerprint density at radius 1 is 1.17 bits per heavy atom. The van der Waals surface area contributed by atoms with Crippen LogP contribution in [0.5, 0.6) is 0 Å². The quantitative estimate of drug-likeness (QED) is 0.518. The number of nitrogens with zero attached hydrogens (tertiary/aromatic N) is 4. The summed E-state index contributed by atoms with van der Waals surface area (Å²) in [6, 6.07) is 11.8. The molecule has 0 aliphatic heterocycles. The Morgan fingerprint density at radius 3 is 2.76 bits per heavy atom. The summed E-state index contributed by atoms with van der Waals surface area (Å²) in [7, 11) is 0. The number of hydrogen-bond donors (Lipinski definition) is 1. The number of aromatic nitrogens is 4. The highest BCUT2D eigenvalue weighted by molar-refractivity contribution is 5.95. The molecule has 4 aromatic rings. The van der Waals surface area contributed by atoms with Crippen LogP contribution in [0, 0.1) is 6.92 Å². The number of carbonyl (C=O) groups excluding carboxylic acids is 1. The standard InChI is InChI=1S/C23H23N5O/c1-3-18-6-11-27(12-7-18)14-10-25-23(29)19-8-13-28-21(16-26-22(28)15-19)20-5-4-9-24-17(20)2/h4-9,11-13,15-16H,3,10,14H2,1-2H3/p+1. The molecule has 0 aliphatic rings. The molecule has 29 heavy (non-hydrogen) atoms. The summed E-state index contributed by atoms with van der Waals surface area (Å²) >= 11 is 0. The van der Waals surface area contributed by atoms with Crippen LogP contribution >= 0.6 is 0 Å². The Morgan fingerprint density at radius 2 is 2.00 bits per heavy atom. The van der Waals surface area contributed by atoms with E-state index in [0.717, 1.165) is 35.6 Å². The van der Waals surface area contributed by atoms with Gasteiger partial charge in [-0.1, -0.05) is 6.92 Å². The minimum atomic E-state index is -0.0969. The first kappa shape index (κ1) is 18.8. The first-order chi connectivity index (χ1) is 14.2. The molecule has 6 nitrogen and oxygen atoms in total. The molecule has 1 N–H and O–H groups in total. The molecular formula is C23H24N5O+. The van der Waals surface area contributed by atoms with Crippen LogP contribution in [-0.4, -0.2) is 26.8 Å². The number of pyridine rings is 3. The summed E-state index contributed by atoms with van der Waals surface area (Å²) in [5.41, 5.74) is 5.58. The lowest BCUT2D eigenvalue weighted by atomic mass is 10.1. The third-order valence-electron chi connectivity index (χ3n) is 5.08. The lowest BCUT2D eigenvalue weighted by Gasteiger charge is -2.07. The second-order valence-electron chi connectivity index (χ2n) is 6.98. The smallest absolute Gasteiger partial charge is 0.251 e. The van der Waals surface area contributed by atoms with Gasteiger partial charge in [0.05, 0.1) is 18.4 Å². The van der Waals surface area contributed by atoms with Crippen molar-refractivity contribution in [2.45, 2.75) is 26.8 Å². The summed E-state index contributed by atoms with van der Waals surface area (Å²) in [4.78, 5) is 21.4. The predicted molar refractivity (Wildman–Crippen MR) is 112 cm³/mol. The van der Waals surface area contributed by atoms with Crippen LogP contribution in [0.2, 0.25) is 0 Å². The summed E-state index contributed by atoms with van der Waals surface area (Å²) < 4.78 is 4.05. The van der Waals surface area contributed by atoms with Gasteiger partial charge in [-0.25, -0.2) is 9.55 Å². The van der Waals surface area contributed by atoms with Crippen molar-refractivity contribution in [2.75, 3.05) is 6.54 Å². The number of hydrogen-bond acceptors (Lipinski definition) is 3. The molecule has 0 fully saturated rings. The topological polar surface area (TPSA) is 63.2 Å². The highest BCUT2D eigenvalue weighted by Gasteiger charge is 2.12. The summed E-state index contributed by atoms with van der Waals surface area (Å²) in [6.45, 7) is 5.41. The molecule has 4 heterocycles. The van der Waals surface area contributed by atoms with Crippen molar-refractivity contribution >= 4 is 11.6 Å². The average molecular weight is 386 g/mol. The molecule has 0 unspecified atom stereocenters. The lowest BCUT2D eigenvalue weighted by molar-refractivity contribution is -0.694. The molecule has 0 spiro atoms. The first-order valence-corrected chi connectivity index (χ1v) is 9.81. The van der Waals surface area contributed by atoms with Gasteiger partial charge >= 0.3 is 0 Å². The molecule has 0 aliphatic carbocycles. The summed E-state index contributed by atoms with van der Waals surface area (Å²) in [6.07, 6.45) is 10.6. The molecule has 0 saturated heterocycles. The Labute approximate surface area is 169 Å². The van der Waals surface area contributed by atoms with Gasteiger partial charge in [-0.2, -0.15) is 0 Å². The third-order valence-corrected chi connectivity index (χ3v) is 5.08. The van der Waals surface area contributed by atoms with Gasteiger partial charge in [0.2, 0.25) is 0 Å². The Hall–Kier alpha value is -3.54. The lowest BCUT2D eigenvalue weighted by Crippen LogP contribution is -2.40. The second kappa shape index (κ2) is 8.22. The molecule has 6 heteroatoms. The van der Waals surface area contributed by atoms with Crippen LogP contribution in [0.25, 0.3) is 16.9 Å². The predicted octanol–water partition coefficient (Wildman–Crippen LogP) is 2.98. The fraction of sp³-hybridized carbons (Fsp3) is 0.217.